The third-order valence-electron chi connectivity index (χ3n) is 2.42. The van der Waals surface area contributed by atoms with Crippen LogP contribution in [-0.4, -0.2) is 32.2 Å². The average Bonchev–Trinajstić information content (AvgIpc) is 2.40. The summed E-state index contributed by atoms with van der Waals surface area (Å²) in [5.74, 6) is 3.52. The van der Waals surface area contributed by atoms with E-state index in [0.717, 1.165) is 4.47 Å². The van der Waals surface area contributed by atoms with Crippen LogP contribution in [0.15, 0.2) is 16.6 Å². The molecule has 2 rings (SSSR count). The van der Waals surface area contributed by atoms with Crippen molar-refractivity contribution in [1.82, 2.24) is 5.32 Å². The molecule has 6 heteroatoms. The first-order valence-corrected chi connectivity index (χ1v) is 6.53. The number of fused-ring (bicyclic) bond motifs is 1. The average molecular weight is 325 g/mol. The highest BCUT2D eigenvalue weighted by atomic mass is 79.9. The minimum Gasteiger partial charge on any atom is -0.486 e. The van der Waals surface area contributed by atoms with Crippen LogP contribution in [0.4, 0.5) is 5.69 Å². The zero-order valence-electron chi connectivity index (χ0n) is 10.2. The van der Waals surface area contributed by atoms with Crippen LogP contribution in [-0.2, 0) is 4.79 Å². The standard InChI is InChI=1S/C13H13BrN2O3/c1-2-3-15-8-13(17)16-10-7-12-11(6-9(10)14)18-4-5-19-12/h1,6-7,15H,3-5,8H2,(H,16,17). The number of anilines is 1. The van der Waals surface area contributed by atoms with Crippen molar-refractivity contribution in [3.05, 3.63) is 16.6 Å². The topological polar surface area (TPSA) is 59.6 Å². The summed E-state index contributed by atoms with van der Waals surface area (Å²) >= 11 is 3.38. The van der Waals surface area contributed by atoms with Crippen LogP contribution in [0.25, 0.3) is 0 Å². The smallest absolute Gasteiger partial charge is 0.238 e. The van der Waals surface area contributed by atoms with Crippen LogP contribution in [0.3, 0.4) is 0 Å². The second-order valence-corrected chi connectivity index (χ2v) is 4.69. The van der Waals surface area contributed by atoms with Gasteiger partial charge in [0.05, 0.1) is 18.8 Å². The molecule has 0 unspecified atom stereocenters. The molecule has 0 atom stereocenters. The van der Waals surface area contributed by atoms with Crippen molar-refractivity contribution in [1.29, 1.82) is 0 Å². The van der Waals surface area contributed by atoms with Gasteiger partial charge in [0, 0.05) is 16.6 Å². The third kappa shape index (κ3) is 3.63. The molecule has 0 aliphatic carbocycles. The van der Waals surface area contributed by atoms with Crippen molar-refractivity contribution >= 4 is 27.5 Å². The van der Waals surface area contributed by atoms with Gasteiger partial charge in [-0.15, -0.1) is 6.42 Å². The van der Waals surface area contributed by atoms with E-state index < -0.39 is 0 Å². The van der Waals surface area contributed by atoms with Crippen LogP contribution in [0.1, 0.15) is 0 Å². The molecule has 1 aromatic rings. The van der Waals surface area contributed by atoms with Gasteiger partial charge in [0.2, 0.25) is 5.91 Å². The van der Waals surface area contributed by atoms with E-state index in [4.69, 9.17) is 15.9 Å². The second kappa shape index (κ2) is 6.45. The quantitative estimate of drug-likeness (QED) is 0.649. The predicted molar refractivity (Wildman–Crippen MR) is 75.5 cm³/mol. The highest BCUT2D eigenvalue weighted by Gasteiger charge is 2.15. The summed E-state index contributed by atoms with van der Waals surface area (Å²) in [7, 11) is 0. The van der Waals surface area contributed by atoms with Crippen LogP contribution in [0.5, 0.6) is 11.5 Å². The lowest BCUT2D eigenvalue weighted by Gasteiger charge is -2.20. The van der Waals surface area contributed by atoms with Gasteiger partial charge in [-0.3, -0.25) is 10.1 Å². The van der Waals surface area contributed by atoms with Gasteiger partial charge in [-0.25, -0.2) is 0 Å². The van der Waals surface area contributed by atoms with Crippen molar-refractivity contribution in [3.8, 4) is 23.8 Å². The van der Waals surface area contributed by atoms with Gasteiger partial charge < -0.3 is 14.8 Å². The fraction of sp³-hybridized carbons (Fsp3) is 0.308. The Morgan fingerprint density at radius 3 is 2.74 bits per heavy atom. The van der Waals surface area contributed by atoms with Crippen molar-refractivity contribution in [3.63, 3.8) is 0 Å². The number of halogens is 1. The van der Waals surface area contributed by atoms with Crippen LogP contribution in [0.2, 0.25) is 0 Å². The monoisotopic (exact) mass is 324 g/mol. The van der Waals surface area contributed by atoms with Gasteiger partial charge in [0.25, 0.3) is 0 Å². The minimum absolute atomic E-state index is 0.158. The van der Waals surface area contributed by atoms with Gasteiger partial charge in [0.15, 0.2) is 11.5 Å². The lowest BCUT2D eigenvalue weighted by atomic mass is 10.2. The molecule has 100 valence electrons. The normalized spacial score (nSPS) is 12.6. The zero-order chi connectivity index (χ0) is 13.7. The largest absolute Gasteiger partial charge is 0.486 e. The van der Waals surface area contributed by atoms with Gasteiger partial charge in [-0.1, -0.05) is 5.92 Å². The Bertz CT molecular complexity index is 525. The molecule has 1 aliphatic rings. The Labute approximate surface area is 119 Å². The van der Waals surface area contributed by atoms with E-state index in [2.05, 4.69) is 32.5 Å². The molecular formula is C13H13BrN2O3. The number of amides is 1. The van der Waals surface area contributed by atoms with Gasteiger partial charge in [0.1, 0.15) is 13.2 Å². The van der Waals surface area contributed by atoms with Gasteiger partial charge in [-0.05, 0) is 15.9 Å². The number of ether oxygens (including phenoxy) is 2. The zero-order valence-corrected chi connectivity index (χ0v) is 11.7. The molecule has 1 amide bonds. The Balaban J connectivity index is 2.04. The molecule has 19 heavy (non-hydrogen) atoms. The number of carbonyl (C=O) groups is 1. The molecule has 1 aromatic carbocycles. The summed E-state index contributed by atoms with van der Waals surface area (Å²) in [5, 5.41) is 5.58. The molecule has 1 heterocycles. The molecule has 2 N–H and O–H groups in total. The molecule has 0 saturated heterocycles. The lowest BCUT2D eigenvalue weighted by molar-refractivity contribution is -0.115. The fourth-order valence-electron chi connectivity index (χ4n) is 1.60. The summed E-state index contributed by atoms with van der Waals surface area (Å²) in [4.78, 5) is 11.7. The maximum atomic E-state index is 11.7. The fourth-order valence-corrected chi connectivity index (χ4v) is 2.02. The van der Waals surface area contributed by atoms with E-state index in [1.807, 2.05) is 0 Å². The molecule has 0 saturated carbocycles. The molecular weight excluding hydrogens is 312 g/mol. The Morgan fingerprint density at radius 1 is 1.37 bits per heavy atom. The Morgan fingerprint density at radius 2 is 2.05 bits per heavy atom. The van der Waals surface area contributed by atoms with Crippen molar-refractivity contribution in [2.45, 2.75) is 0 Å². The predicted octanol–water partition coefficient (Wildman–Crippen LogP) is 1.38. The van der Waals surface area contributed by atoms with Crippen LogP contribution in [0, 0.1) is 12.3 Å². The summed E-state index contributed by atoms with van der Waals surface area (Å²) in [6, 6.07) is 3.51. The SMILES string of the molecule is C#CCNCC(=O)Nc1cc2c(cc1Br)OCCO2. The molecule has 0 spiro atoms. The van der Waals surface area contributed by atoms with Crippen molar-refractivity contribution in [2.75, 3.05) is 31.6 Å². The molecule has 0 fully saturated rings. The number of rotatable bonds is 4. The Hall–Kier alpha value is -1.71. The first-order chi connectivity index (χ1) is 9.20. The summed E-state index contributed by atoms with van der Waals surface area (Å²) in [5.41, 5.74) is 0.636. The van der Waals surface area contributed by atoms with E-state index in [9.17, 15) is 4.79 Å². The van der Waals surface area contributed by atoms with E-state index >= 15 is 0 Å². The maximum absolute atomic E-state index is 11.7. The number of hydrogen-bond acceptors (Lipinski definition) is 4. The maximum Gasteiger partial charge on any atom is 0.238 e. The van der Waals surface area contributed by atoms with Gasteiger partial charge >= 0.3 is 0 Å². The highest BCUT2D eigenvalue weighted by molar-refractivity contribution is 9.10. The number of terminal acetylenes is 1. The first kappa shape index (κ1) is 13.7. The summed E-state index contributed by atoms with van der Waals surface area (Å²) in [6.45, 7) is 1.55. The van der Waals surface area contributed by atoms with Crippen molar-refractivity contribution < 1.29 is 14.3 Å². The third-order valence-corrected chi connectivity index (χ3v) is 3.07. The molecule has 0 bridgehead atoms. The van der Waals surface area contributed by atoms with Crippen molar-refractivity contribution in [2.24, 2.45) is 0 Å². The van der Waals surface area contributed by atoms with E-state index in [0.29, 0.717) is 36.9 Å². The van der Waals surface area contributed by atoms with E-state index in [-0.39, 0.29) is 12.5 Å². The number of nitrogens with one attached hydrogen (secondary N) is 2. The second-order valence-electron chi connectivity index (χ2n) is 3.83. The molecule has 0 radical (unpaired) electrons. The van der Waals surface area contributed by atoms with Gasteiger partial charge in [-0.2, -0.15) is 0 Å². The van der Waals surface area contributed by atoms with Crippen LogP contribution < -0.4 is 20.1 Å². The highest BCUT2D eigenvalue weighted by Crippen LogP contribution is 2.37. The summed E-state index contributed by atoms with van der Waals surface area (Å²) in [6.07, 6.45) is 5.09. The molecule has 5 nitrogen and oxygen atoms in total. The lowest BCUT2D eigenvalue weighted by Crippen LogP contribution is -2.28. The van der Waals surface area contributed by atoms with E-state index in [1.165, 1.54) is 0 Å². The van der Waals surface area contributed by atoms with E-state index in [1.54, 1.807) is 12.1 Å². The Kier molecular flexibility index (Phi) is 4.66. The minimum atomic E-state index is -0.173. The number of carbonyl (C=O) groups excluding carboxylic acids is 1. The number of hydrogen-bond donors (Lipinski definition) is 2. The first-order valence-electron chi connectivity index (χ1n) is 5.74. The van der Waals surface area contributed by atoms with Crippen LogP contribution >= 0.6 is 15.9 Å². The molecule has 0 aromatic heterocycles. The summed E-state index contributed by atoms with van der Waals surface area (Å²) < 4.78 is 11.6. The number of benzene rings is 1. The molecule has 1 aliphatic heterocycles.